The zero-order valence-corrected chi connectivity index (χ0v) is 5.16. The van der Waals surface area contributed by atoms with Crippen molar-refractivity contribution in [3.8, 4) is 0 Å². The van der Waals surface area contributed by atoms with Gasteiger partial charge in [0, 0.05) is 5.57 Å². The smallest absolute Gasteiger partial charge is 0.331 e. The van der Waals surface area contributed by atoms with Crippen molar-refractivity contribution >= 4 is 15.2 Å². The molecule has 0 saturated carbocycles. The molecule has 0 saturated heterocycles. The molecule has 0 heterocycles. The van der Waals surface area contributed by atoms with E-state index < -0.39 is 5.97 Å². The fourth-order valence-electron chi connectivity index (χ4n) is 0.0713. The third-order valence-electron chi connectivity index (χ3n) is 0.587. The van der Waals surface area contributed by atoms with E-state index in [0.717, 1.165) is 0 Å². The summed E-state index contributed by atoms with van der Waals surface area (Å²) in [5, 5.41) is 8.10. The maximum Gasteiger partial charge on any atom is 0.331 e. The molecule has 0 aromatic carbocycles. The van der Waals surface area contributed by atoms with E-state index in [9.17, 15) is 4.79 Å². The highest BCUT2D eigenvalue weighted by Gasteiger charge is 1.93. The van der Waals surface area contributed by atoms with Crippen molar-refractivity contribution in [1.82, 2.24) is 0 Å². The first-order valence-electron chi connectivity index (χ1n) is 1.80. The summed E-state index contributed by atoms with van der Waals surface area (Å²) >= 11 is 0. The number of hydrogen-bond donors (Lipinski definition) is 1. The van der Waals surface area contributed by atoms with Crippen LogP contribution < -0.4 is 0 Å². The van der Waals surface area contributed by atoms with Crippen LogP contribution in [-0.4, -0.2) is 11.1 Å². The lowest BCUT2D eigenvalue weighted by molar-refractivity contribution is -0.132. The standard InChI is InChI=1S/C4H7O2P/c1-3(2-7)4(5)6/h2H,7H2,1H3,(H,5,6)/b3-2+. The third-order valence-corrected chi connectivity index (χ3v) is 1.09. The molecule has 0 amide bonds. The highest BCUT2D eigenvalue weighted by Crippen LogP contribution is 1.95. The van der Waals surface area contributed by atoms with Gasteiger partial charge in [-0.05, 0) is 6.92 Å². The molecule has 1 atom stereocenters. The van der Waals surface area contributed by atoms with Gasteiger partial charge in [-0.3, -0.25) is 0 Å². The predicted molar refractivity (Wildman–Crippen MR) is 31.1 cm³/mol. The van der Waals surface area contributed by atoms with E-state index in [2.05, 4.69) is 9.24 Å². The van der Waals surface area contributed by atoms with Gasteiger partial charge >= 0.3 is 5.97 Å². The van der Waals surface area contributed by atoms with Crippen molar-refractivity contribution in [2.45, 2.75) is 6.92 Å². The van der Waals surface area contributed by atoms with Crippen molar-refractivity contribution in [1.29, 1.82) is 0 Å². The molecule has 3 heteroatoms. The van der Waals surface area contributed by atoms with Crippen LogP contribution in [0.25, 0.3) is 0 Å². The van der Waals surface area contributed by atoms with Crippen LogP contribution in [0.2, 0.25) is 0 Å². The van der Waals surface area contributed by atoms with Crippen LogP contribution in [0.4, 0.5) is 0 Å². The maximum absolute atomic E-state index is 9.85. The molecule has 40 valence electrons. The van der Waals surface area contributed by atoms with Crippen LogP contribution in [0, 0.1) is 0 Å². The van der Waals surface area contributed by atoms with Crippen LogP contribution >= 0.6 is 9.24 Å². The van der Waals surface area contributed by atoms with Gasteiger partial charge in [-0.1, -0.05) is 5.82 Å². The minimum atomic E-state index is -0.866. The molecule has 0 radical (unpaired) electrons. The lowest BCUT2D eigenvalue weighted by atomic mass is 10.4. The zero-order chi connectivity index (χ0) is 5.86. The van der Waals surface area contributed by atoms with Gasteiger partial charge in [-0.25, -0.2) is 4.79 Å². The Bertz CT molecular complexity index is 106. The molecule has 0 bridgehead atoms. The van der Waals surface area contributed by atoms with Crippen molar-refractivity contribution in [3.05, 3.63) is 11.4 Å². The molecular weight excluding hydrogens is 111 g/mol. The molecule has 0 spiro atoms. The Morgan fingerprint density at radius 1 is 1.86 bits per heavy atom. The van der Waals surface area contributed by atoms with Crippen LogP contribution in [0.15, 0.2) is 11.4 Å². The fraction of sp³-hybridized carbons (Fsp3) is 0.250. The fourth-order valence-corrected chi connectivity index (χ4v) is 0.214. The van der Waals surface area contributed by atoms with Crippen molar-refractivity contribution in [2.75, 3.05) is 0 Å². The van der Waals surface area contributed by atoms with Crippen LogP contribution in [0.5, 0.6) is 0 Å². The Hall–Kier alpha value is -0.360. The molecule has 2 nitrogen and oxygen atoms in total. The van der Waals surface area contributed by atoms with E-state index in [0.29, 0.717) is 5.57 Å². The van der Waals surface area contributed by atoms with Crippen molar-refractivity contribution in [2.24, 2.45) is 0 Å². The molecule has 0 fully saturated rings. The van der Waals surface area contributed by atoms with E-state index >= 15 is 0 Å². The number of carbonyl (C=O) groups is 1. The predicted octanol–water partition coefficient (Wildman–Crippen LogP) is 0.850. The summed E-state index contributed by atoms with van der Waals surface area (Å²) in [4.78, 5) is 9.85. The molecule has 7 heavy (non-hydrogen) atoms. The Morgan fingerprint density at radius 3 is 2.29 bits per heavy atom. The molecular formula is C4H7O2P. The Labute approximate surface area is 44.4 Å². The SMILES string of the molecule is C/C(=C\P)C(=O)O. The number of aliphatic carboxylic acids is 1. The summed E-state index contributed by atoms with van der Waals surface area (Å²) in [6, 6.07) is 0. The summed E-state index contributed by atoms with van der Waals surface area (Å²) in [5.74, 6) is 0.609. The summed E-state index contributed by atoms with van der Waals surface area (Å²) in [5.41, 5.74) is 0.352. The van der Waals surface area contributed by atoms with Gasteiger partial charge in [0.25, 0.3) is 0 Å². The second kappa shape index (κ2) is 2.75. The van der Waals surface area contributed by atoms with Crippen LogP contribution in [0.1, 0.15) is 6.92 Å². The van der Waals surface area contributed by atoms with Gasteiger partial charge in [0.15, 0.2) is 0 Å². The first kappa shape index (κ1) is 6.64. The highest BCUT2D eigenvalue weighted by molar-refractivity contribution is 7.20. The van der Waals surface area contributed by atoms with Crippen molar-refractivity contribution in [3.63, 3.8) is 0 Å². The Kier molecular flexibility index (Phi) is 2.61. The quantitative estimate of drug-likeness (QED) is 0.409. The summed E-state index contributed by atoms with van der Waals surface area (Å²) in [7, 11) is 2.22. The average Bonchev–Trinajstić information content (AvgIpc) is 1.65. The molecule has 0 aliphatic carbocycles. The number of hydrogen-bond acceptors (Lipinski definition) is 1. The highest BCUT2D eigenvalue weighted by atomic mass is 31.0. The molecule has 1 N–H and O–H groups in total. The normalized spacial score (nSPS) is 11.4. The lowest BCUT2D eigenvalue weighted by Gasteiger charge is -1.83. The first-order chi connectivity index (χ1) is 3.18. The molecule has 0 aliphatic heterocycles. The van der Waals surface area contributed by atoms with Crippen LogP contribution in [0.3, 0.4) is 0 Å². The van der Waals surface area contributed by atoms with E-state index in [1.165, 1.54) is 12.7 Å². The van der Waals surface area contributed by atoms with E-state index in [4.69, 9.17) is 5.11 Å². The number of carboxylic acids is 1. The monoisotopic (exact) mass is 118 g/mol. The van der Waals surface area contributed by atoms with Gasteiger partial charge in [-0.2, -0.15) is 0 Å². The Morgan fingerprint density at radius 2 is 2.29 bits per heavy atom. The number of carboxylic acid groups (broad SMARTS) is 1. The molecule has 0 aromatic rings. The van der Waals surface area contributed by atoms with E-state index in [1.54, 1.807) is 0 Å². The van der Waals surface area contributed by atoms with Gasteiger partial charge < -0.3 is 5.11 Å². The zero-order valence-electron chi connectivity index (χ0n) is 4.01. The lowest BCUT2D eigenvalue weighted by Crippen LogP contribution is -1.93. The minimum Gasteiger partial charge on any atom is -0.478 e. The van der Waals surface area contributed by atoms with Gasteiger partial charge in [0.2, 0.25) is 0 Å². The second-order valence-corrected chi connectivity index (χ2v) is 1.49. The summed E-state index contributed by atoms with van der Waals surface area (Å²) in [6.07, 6.45) is 0. The first-order valence-corrected chi connectivity index (χ1v) is 2.47. The third kappa shape index (κ3) is 2.35. The maximum atomic E-state index is 9.85. The molecule has 0 rings (SSSR count). The van der Waals surface area contributed by atoms with Gasteiger partial charge in [0.1, 0.15) is 0 Å². The molecule has 0 aromatic heterocycles. The summed E-state index contributed by atoms with van der Waals surface area (Å²) < 4.78 is 0. The van der Waals surface area contributed by atoms with E-state index in [1.807, 2.05) is 0 Å². The number of rotatable bonds is 1. The average molecular weight is 118 g/mol. The minimum absolute atomic E-state index is 0.352. The van der Waals surface area contributed by atoms with E-state index in [-0.39, 0.29) is 0 Å². The van der Waals surface area contributed by atoms with Crippen LogP contribution in [-0.2, 0) is 4.79 Å². The largest absolute Gasteiger partial charge is 0.478 e. The Balaban J connectivity index is 3.82. The van der Waals surface area contributed by atoms with Gasteiger partial charge in [-0.15, -0.1) is 9.24 Å². The van der Waals surface area contributed by atoms with Crippen molar-refractivity contribution < 1.29 is 9.90 Å². The summed E-state index contributed by atoms with van der Waals surface area (Å²) in [6.45, 7) is 1.54. The van der Waals surface area contributed by atoms with Gasteiger partial charge in [0.05, 0.1) is 0 Å². The second-order valence-electron chi connectivity index (χ2n) is 1.15. The molecule has 1 unspecified atom stereocenters. The topological polar surface area (TPSA) is 37.3 Å². The molecule has 0 aliphatic rings.